The Morgan fingerprint density at radius 1 is 1.24 bits per heavy atom. The van der Waals surface area contributed by atoms with E-state index in [1.165, 1.54) is 18.3 Å². The van der Waals surface area contributed by atoms with Gasteiger partial charge in [0.05, 0.1) is 11.1 Å². The molecular formula is C14H12F3N3O. The quantitative estimate of drug-likeness (QED) is 0.911. The van der Waals surface area contributed by atoms with Crippen LogP contribution >= 0.6 is 0 Å². The van der Waals surface area contributed by atoms with Crippen molar-refractivity contribution in [2.24, 2.45) is 5.73 Å². The highest BCUT2D eigenvalue weighted by molar-refractivity contribution is 5.97. The van der Waals surface area contributed by atoms with Crippen LogP contribution in [0.15, 0.2) is 42.6 Å². The number of amides is 1. The number of benzene rings is 1. The van der Waals surface area contributed by atoms with Gasteiger partial charge in [0.1, 0.15) is 5.82 Å². The Labute approximate surface area is 118 Å². The SMILES string of the molecule is NC(=O)c1cccnc1NCc1cccc(C(F)(F)F)c1. The maximum atomic E-state index is 12.6. The molecule has 0 fully saturated rings. The Balaban J connectivity index is 2.16. The van der Waals surface area contributed by atoms with Gasteiger partial charge in [0.2, 0.25) is 0 Å². The van der Waals surface area contributed by atoms with Gasteiger partial charge in [-0.1, -0.05) is 12.1 Å². The maximum Gasteiger partial charge on any atom is 0.416 e. The molecule has 1 heterocycles. The highest BCUT2D eigenvalue weighted by atomic mass is 19.4. The van der Waals surface area contributed by atoms with Crippen LogP contribution in [0, 0.1) is 0 Å². The number of nitrogens with one attached hydrogen (secondary N) is 1. The molecular weight excluding hydrogens is 283 g/mol. The summed E-state index contributed by atoms with van der Waals surface area (Å²) in [5.41, 5.74) is 5.08. The topological polar surface area (TPSA) is 68.0 Å². The predicted molar refractivity (Wildman–Crippen MR) is 71.5 cm³/mol. The molecule has 4 nitrogen and oxygen atoms in total. The van der Waals surface area contributed by atoms with E-state index in [2.05, 4.69) is 10.3 Å². The number of primary amides is 1. The van der Waals surface area contributed by atoms with E-state index in [4.69, 9.17) is 5.73 Å². The van der Waals surface area contributed by atoms with Crippen molar-refractivity contribution >= 4 is 11.7 Å². The number of alkyl halides is 3. The van der Waals surface area contributed by atoms with Gasteiger partial charge in [-0.25, -0.2) is 4.98 Å². The first kappa shape index (κ1) is 14.8. The van der Waals surface area contributed by atoms with Gasteiger partial charge < -0.3 is 11.1 Å². The number of halogens is 3. The molecule has 1 aromatic carbocycles. The van der Waals surface area contributed by atoms with Crippen LogP contribution in [-0.4, -0.2) is 10.9 Å². The van der Waals surface area contributed by atoms with Gasteiger partial charge in [-0.05, 0) is 29.8 Å². The van der Waals surface area contributed by atoms with Crippen LogP contribution in [0.25, 0.3) is 0 Å². The minimum Gasteiger partial charge on any atom is -0.365 e. The predicted octanol–water partition coefficient (Wildman–Crippen LogP) is 2.81. The molecule has 110 valence electrons. The normalized spacial score (nSPS) is 11.2. The van der Waals surface area contributed by atoms with Gasteiger partial charge >= 0.3 is 6.18 Å². The van der Waals surface area contributed by atoms with E-state index in [1.807, 2.05) is 0 Å². The van der Waals surface area contributed by atoms with Crippen molar-refractivity contribution in [1.82, 2.24) is 4.98 Å². The van der Waals surface area contributed by atoms with E-state index in [0.717, 1.165) is 12.1 Å². The van der Waals surface area contributed by atoms with Crippen molar-refractivity contribution in [3.63, 3.8) is 0 Å². The third-order valence-electron chi connectivity index (χ3n) is 2.79. The Hall–Kier alpha value is -2.57. The van der Waals surface area contributed by atoms with E-state index in [-0.39, 0.29) is 17.9 Å². The average molecular weight is 295 g/mol. The van der Waals surface area contributed by atoms with Crippen molar-refractivity contribution in [2.75, 3.05) is 5.32 Å². The fourth-order valence-corrected chi connectivity index (χ4v) is 1.79. The van der Waals surface area contributed by atoms with Crippen molar-refractivity contribution in [3.8, 4) is 0 Å². The van der Waals surface area contributed by atoms with Crippen LogP contribution in [0.4, 0.5) is 19.0 Å². The monoisotopic (exact) mass is 295 g/mol. The first-order valence-electron chi connectivity index (χ1n) is 6.03. The van der Waals surface area contributed by atoms with Gasteiger partial charge in [0, 0.05) is 12.7 Å². The number of carbonyl (C=O) groups is 1. The van der Waals surface area contributed by atoms with Gasteiger partial charge in [-0.2, -0.15) is 13.2 Å². The molecule has 2 aromatic rings. The van der Waals surface area contributed by atoms with E-state index < -0.39 is 17.6 Å². The number of rotatable bonds is 4. The second kappa shape index (κ2) is 5.82. The van der Waals surface area contributed by atoms with Gasteiger partial charge in [-0.3, -0.25) is 4.79 Å². The lowest BCUT2D eigenvalue weighted by molar-refractivity contribution is -0.137. The van der Waals surface area contributed by atoms with Crippen LogP contribution in [0.5, 0.6) is 0 Å². The van der Waals surface area contributed by atoms with Crippen molar-refractivity contribution < 1.29 is 18.0 Å². The maximum absolute atomic E-state index is 12.6. The molecule has 1 amide bonds. The molecule has 2 rings (SSSR count). The Bertz CT molecular complexity index is 656. The highest BCUT2D eigenvalue weighted by Crippen LogP contribution is 2.29. The van der Waals surface area contributed by atoms with E-state index in [9.17, 15) is 18.0 Å². The number of nitrogens with zero attached hydrogens (tertiary/aromatic N) is 1. The molecule has 0 spiro atoms. The molecule has 0 saturated heterocycles. The molecule has 21 heavy (non-hydrogen) atoms. The molecule has 0 aliphatic carbocycles. The number of hydrogen-bond donors (Lipinski definition) is 2. The molecule has 0 aliphatic rings. The number of pyridine rings is 1. The minimum atomic E-state index is -4.39. The molecule has 0 saturated carbocycles. The average Bonchev–Trinajstić information content (AvgIpc) is 2.45. The zero-order chi connectivity index (χ0) is 15.5. The molecule has 1 aromatic heterocycles. The number of nitrogens with two attached hydrogens (primary N) is 1. The Morgan fingerprint density at radius 2 is 2.00 bits per heavy atom. The molecule has 0 radical (unpaired) electrons. The van der Waals surface area contributed by atoms with Crippen molar-refractivity contribution in [3.05, 3.63) is 59.3 Å². The third-order valence-corrected chi connectivity index (χ3v) is 2.79. The molecule has 3 N–H and O–H groups in total. The van der Waals surface area contributed by atoms with Crippen molar-refractivity contribution in [2.45, 2.75) is 12.7 Å². The standard InChI is InChI=1S/C14H12F3N3O/c15-14(16,17)10-4-1-3-9(7-10)8-20-13-11(12(18)21)5-2-6-19-13/h1-7H,8H2,(H2,18,21)(H,19,20). The highest BCUT2D eigenvalue weighted by Gasteiger charge is 2.30. The lowest BCUT2D eigenvalue weighted by atomic mass is 10.1. The summed E-state index contributed by atoms with van der Waals surface area (Å²) in [6.07, 6.45) is -2.93. The summed E-state index contributed by atoms with van der Waals surface area (Å²) >= 11 is 0. The summed E-state index contributed by atoms with van der Waals surface area (Å²) < 4.78 is 37.8. The molecule has 0 bridgehead atoms. The second-order valence-corrected chi connectivity index (χ2v) is 4.32. The number of carbonyl (C=O) groups excluding carboxylic acids is 1. The Morgan fingerprint density at radius 3 is 2.67 bits per heavy atom. The number of anilines is 1. The molecule has 0 unspecified atom stereocenters. The summed E-state index contributed by atoms with van der Waals surface area (Å²) in [5.74, 6) is -0.419. The fraction of sp³-hybridized carbons (Fsp3) is 0.143. The summed E-state index contributed by atoms with van der Waals surface area (Å²) in [4.78, 5) is 15.2. The smallest absolute Gasteiger partial charge is 0.365 e. The molecule has 0 aliphatic heterocycles. The lowest BCUT2D eigenvalue weighted by Crippen LogP contribution is -2.15. The number of hydrogen-bond acceptors (Lipinski definition) is 3. The fourth-order valence-electron chi connectivity index (χ4n) is 1.79. The first-order valence-corrected chi connectivity index (χ1v) is 6.03. The minimum absolute atomic E-state index is 0.0984. The summed E-state index contributed by atoms with van der Waals surface area (Å²) in [6.45, 7) is 0.0984. The summed E-state index contributed by atoms with van der Waals surface area (Å²) in [7, 11) is 0. The molecule has 7 heteroatoms. The Kier molecular flexibility index (Phi) is 4.11. The zero-order valence-electron chi connectivity index (χ0n) is 10.8. The zero-order valence-corrected chi connectivity index (χ0v) is 10.8. The van der Waals surface area contributed by atoms with Crippen molar-refractivity contribution in [1.29, 1.82) is 0 Å². The third kappa shape index (κ3) is 3.71. The van der Waals surface area contributed by atoms with E-state index in [1.54, 1.807) is 12.1 Å². The lowest BCUT2D eigenvalue weighted by Gasteiger charge is -2.11. The van der Waals surface area contributed by atoms with Crippen LogP contribution in [0.3, 0.4) is 0 Å². The molecule has 0 atom stereocenters. The van der Waals surface area contributed by atoms with E-state index >= 15 is 0 Å². The first-order chi connectivity index (χ1) is 9.88. The second-order valence-electron chi connectivity index (χ2n) is 4.32. The van der Waals surface area contributed by atoms with Crippen LogP contribution < -0.4 is 11.1 Å². The number of aromatic nitrogens is 1. The van der Waals surface area contributed by atoms with Crippen LogP contribution in [0.2, 0.25) is 0 Å². The van der Waals surface area contributed by atoms with Gasteiger partial charge in [0.25, 0.3) is 5.91 Å². The summed E-state index contributed by atoms with van der Waals surface area (Å²) in [6, 6.07) is 7.96. The van der Waals surface area contributed by atoms with Crippen LogP contribution in [0.1, 0.15) is 21.5 Å². The van der Waals surface area contributed by atoms with E-state index in [0.29, 0.717) is 5.56 Å². The largest absolute Gasteiger partial charge is 0.416 e. The van der Waals surface area contributed by atoms with Gasteiger partial charge in [-0.15, -0.1) is 0 Å². The summed E-state index contributed by atoms with van der Waals surface area (Å²) in [5, 5.41) is 2.81. The van der Waals surface area contributed by atoms with Crippen LogP contribution in [-0.2, 0) is 12.7 Å². The van der Waals surface area contributed by atoms with Gasteiger partial charge in [0.15, 0.2) is 0 Å².